The lowest BCUT2D eigenvalue weighted by molar-refractivity contribution is -0.167. The van der Waals surface area contributed by atoms with Gasteiger partial charge < -0.3 is 14.2 Å². The summed E-state index contributed by atoms with van der Waals surface area (Å²) in [5, 5.41) is 0. The van der Waals surface area contributed by atoms with E-state index in [1.165, 1.54) is 212 Å². The summed E-state index contributed by atoms with van der Waals surface area (Å²) in [5.74, 6) is -0.865. The standard InChI is InChI=1S/C63H116O6/c1-4-7-10-13-16-19-22-24-25-26-27-28-29-30-31-32-33-34-35-36-37-38-39-40-42-44-47-50-53-56-62(65)68-59-60(58-67-61(64)55-52-49-46-43-21-18-15-12-9-6-3)69-63(66)57-54-51-48-45-41-23-20-17-14-11-8-5-2/h12,15,22,24,26-27,60H,4-11,13-14,16-21,23,25,28-59H2,1-3H3/b15-12-,24-22-,27-26-. The number of hydrogen-bond donors (Lipinski definition) is 0. The Labute approximate surface area is 429 Å². The van der Waals surface area contributed by atoms with E-state index in [2.05, 4.69) is 57.2 Å². The highest BCUT2D eigenvalue weighted by molar-refractivity contribution is 5.71. The third kappa shape index (κ3) is 56.4. The number of allylic oxidation sites excluding steroid dienone is 6. The second kappa shape index (κ2) is 58.2. The Kier molecular flexibility index (Phi) is 56.2. The predicted molar refractivity (Wildman–Crippen MR) is 298 cm³/mol. The minimum Gasteiger partial charge on any atom is -0.462 e. The number of esters is 3. The molecule has 0 aromatic carbocycles. The van der Waals surface area contributed by atoms with Crippen LogP contribution in [0.15, 0.2) is 36.5 Å². The van der Waals surface area contributed by atoms with Gasteiger partial charge in [-0.05, 0) is 70.6 Å². The molecule has 0 saturated carbocycles. The smallest absolute Gasteiger partial charge is 0.306 e. The Bertz CT molecular complexity index is 1160. The largest absolute Gasteiger partial charge is 0.462 e. The summed E-state index contributed by atoms with van der Waals surface area (Å²) in [6, 6.07) is 0. The average molecular weight is 970 g/mol. The van der Waals surface area contributed by atoms with E-state index < -0.39 is 6.10 Å². The van der Waals surface area contributed by atoms with Crippen molar-refractivity contribution in [3.05, 3.63) is 36.5 Å². The van der Waals surface area contributed by atoms with Gasteiger partial charge in [0.05, 0.1) is 0 Å². The van der Waals surface area contributed by atoms with Crippen LogP contribution in [0.4, 0.5) is 0 Å². The summed E-state index contributed by atoms with van der Waals surface area (Å²) < 4.78 is 16.8. The van der Waals surface area contributed by atoms with E-state index in [0.29, 0.717) is 19.3 Å². The molecule has 0 aromatic heterocycles. The summed E-state index contributed by atoms with van der Waals surface area (Å²) >= 11 is 0. The summed E-state index contributed by atoms with van der Waals surface area (Å²) in [6.07, 6.45) is 70.3. The summed E-state index contributed by atoms with van der Waals surface area (Å²) in [5.41, 5.74) is 0. The zero-order chi connectivity index (χ0) is 50.0. The number of hydrogen-bond acceptors (Lipinski definition) is 6. The van der Waals surface area contributed by atoms with Gasteiger partial charge in [-0.15, -0.1) is 0 Å². The summed E-state index contributed by atoms with van der Waals surface area (Å²) in [4.78, 5) is 38.0. The van der Waals surface area contributed by atoms with Crippen molar-refractivity contribution in [2.24, 2.45) is 0 Å². The molecule has 6 nitrogen and oxygen atoms in total. The monoisotopic (exact) mass is 969 g/mol. The molecule has 0 aliphatic rings. The van der Waals surface area contributed by atoms with Gasteiger partial charge in [-0.2, -0.15) is 0 Å². The van der Waals surface area contributed by atoms with Gasteiger partial charge in [0.1, 0.15) is 13.2 Å². The fourth-order valence-electron chi connectivity index (χ4n) is 9.01. The number of ether oxygens (including phenoxy) is 3. The van der Waals surface area contributed by atoms with Gasteiger partial charge >= 0.3 is 17.9 Å². The summed E-state index contributed by atoms with van der Waals surface area (Å²) in [6.45, 7) is 6.59. The molecule has 0 amide bonds. The van der Waals surface area contributed by atoms with Crippen molar-refractivity contribution in [1.29, 1.82) is 0 Å². The van der Waals surface area contributed by atoms with Crippen LogP contribution < -0.4 is 0 Å². The van der Waals surface area contributed by atoms with E-state index >= 15 is 0 Å². The highest BCUT2D eigenvalue weighted by Gasteiger charge is 2.19. The Hall–Kier alpha value is -2.37. The maximum Gasteiger partial charge on any atom is 0.306 e. The van der Waals surface area contributed by atoms with Gasteiger partial charge in [0.15, 0.2) is 6.10 Å². The van der Waals surface area contributed by atoms with Crippen LogP contribution in [0.25, 0.3) is 0 Å². The number of rotatable bonds is 56. The van der Waals surface area contributed by atoms with Crippen LogP contribution in [-0.2, 0) is 28.6 Å². The lowest BCUT2D eigenvalue weighted by atomic mass is 10.0. The van der Waals surface area contributed by atoms with Gasteiger partial charge in [-0.1, -0.05) is 276 Å². The molecule has 0 N–H and O–H groups in total. The molecule has 1 unspecified atom stereocenters. The van der Waals surface area contributed by atoms with Crippen molar-refractivity contribution in [2.45, 2.75) is 335 Å². The zero-order valence-corrected chi connectivity index (χ0v) is 46.3. The highest BCUT2D eigenvalue weighted by atomic mass is 16.6. The van der Waals surface area contributed by atoms with Gasteiger partial charge in [-0.3, -0.25) is 14.4 Å². The van der Waals surface area contributed by atoms with Crippen LogP contribution in [-0.4, -0.2) is 37.2 Å². The Morgan fingerprint density at radius 2 is 0.551 bits per heavy atom. The van der Waals surface area contributed by atoms with Crippen molar-refractivity contribution >= 4 is 17.9 Å². The van der Waals surface area contributed by atoms with Gasteiger partial charge in [0.25, 0.3) is 0 Å². The number of unbranched alkanes of at least 4 members (excludes halogenated alkanes) is 39. The van der Waals surface area contributed by atoms with Crippen molar-refractivity contribution in [2.75, 3.05) is 13.2 Å². The van der Waals surface area contributed by atoms with Crippen molar-refractivity contribution in [1.82, 2.24) is 0 Å². The molecular weight excluding hydrogens is 853 g/mol. The molecule has 0 rings (SSSR count). The van der Waals surface area contributed by atoms with Crippen molar-refractivity contribution in [3.8, 4) is 0 Å². The molecular formula is C63H116O6. The maximum atomic E-state index is 12.8. The Balaban J connectivity index is 4.06. The summed E-state index contributed by atoms with van der Waals surface area (Å²) in [7, 11) is 0. The van der Waals surface area contributed by atoms with E-state index in [-0.39, 0.29) is 31.1 Å². The first-order chi connectivity index (χ1) is 34.0. The molecule has 1 atom stereocenters. The minimum absolute atomic E-state index is 0.0701. The van der Waals surface area contributed by atoms with E-state index in [9.17, 15) is 14.4 Å². The Morgan fingerprint density at radius 1 is 0.290 bits per heavy atom. The van der Waals surface area contributed by atoms with Crippen molar-refractivity contribution in [3.63, 3.8) is 0 Å². The number of carbonyl (C=O) groups is 3. The van der Waals surface area contributed by atoms with E-state index in [0.717, 1.165) is 77.0 Å². The molecule has 0 spiro atoms. The first-order valence-electron chi connectivity index (χ1n) is 30.5. The zero-order valence-electron chi connectivity index (χ0n) is 46.3. The first-order valence-corrected chi connectivity index (χ1v) is 30.5. The molecule has 404 valence electrons. The third-order valence-electron chi connectivity index (χ3n) is 13.6. The van der Waals surface area contributed by atoms with Crippen LogP contribution >= 0.6 is 0 Å². The SMILES string of the molecule is CCC/C=C\CCCCCCCC(=O)OCC(COC(=O)CCCCCCCCCCCCCCCCCCC/C=C\C/C=C\CCCCCCC)OC(=O)CCCCCCCCCCCCCC. The van der Waals surface area contributed by atoms with Crippen LogP contribution in [0, 0.1) is 0 Å². The normalized spacial score (nSPS) is 12.2. The van der Waals surface area contributed by atoms with Gasteiger partial charge in [0.2, 0.25) is 0 Å². The minimum atomic E-state index is -0.770. The van der Waals surface area contributed by atoms with Crippen LogP contribution in [0.1, 0.15) is 329 Å². The van der Waals surface area contributed by atoms with Crippen LogP contribution in [0.2, 0.25) is 0 Å². The maximum absolute atomic E-state index is 12.8. The predicted octanol–water partition coefficient (Wildman–Crippen LogP) is 20.4. The molecule has 0 fully saturated rings. The molecule has 0 heterocycles. The molecule has 0 aliphatic heterocycles. The molecule has 0 bridgehead atoms. The van der Waals surface area contributed by atoms with Gasteiger partial charge in [0, 0.05) is 19.3 Å². The lowest BCUT2D eigenvalue weighted by Gasteiger charge is -2.18. The molecule has 0 saturated heterocycles. The van der Waals surface area contributed by atoms with Crippen molar-refractivity contribution < 1.29 is 28.6 Å². The van der Waals surface area contributed by atoms with Crippen LogP contribution in [0.3, 0.4) is 0 Å². The average Bonchev–Trinajstić information content (AvgIpc) is 3.35. The lowest BCUT2D eigenvalue weighted by Crippen LogP contribution is -2.30. The van der Waals surface area contributed by atoms with E-state index in [1.54, 1.807) is 0 Å². The second-order valence-corrected chi connectivity index (χ2v) is 20.6. The first kappa shape index (κ1) is 66.6. The second-order valence-electron chi connectivity index (χ2n) is 20.6. The van der Waals surface area contributed by atoms with E-state index in [1.807, 2.05) is 0 Å². The third-order valence-corrected chi connectivity index (χ3v) is 13.6. The Morgan fingerprint density at radius 3 is 0.870 bits per heavy atom. The molecule has 69 heavy (non-hydrogen) atoms. The molecule has 0 radical (unpaired) electrons. The molecule has 6 heteroatoms. The van der Waals surface area contributed by atoms with E-state index in [4.69, 9.17) is 14.2 Å². The quantitative estimate of drug-likeness (QED) is 0.0261. The van der Waals surface area contributed by atoms with Gasteiger partial charge in [-0.25, -0.2) is 0 Å². The number of carbonyl (C=O) groups excluding carboxylic acids is 3. The topological polar surface area (TPSA) is 78.9 Å². The fourth-order valence-corrected chi connectivity index (χ4v) is 9.01. The van der Waals surface area contributed by atoms with Crippen LogP contribution in [0.5, 0.6) is 0 Å². The highest BCUT2D eigenvalue weighted by Crippen LogP contribution is 2.17. The fraction of sp³-hybridized carbons (Fsp3) is 0.857. The molecule has 0 aromatic rings. The molecule has 0 aliphatic carbocycles.